The highest BCUT2D eigenvalue weighted by Crippen LogP contribution is 2.32. The number of primary amides is 1. The van der Waals surface area contributed by atoms with E-state index in [1.807, 2.05) is 19.1 Å². The monoisotopic (exact) mass is 290 g/mol. The molecule has 0 aliphatic heterocycles. The zero-order valence-corrected chi connectivity index (χ0v) is 13.0. The van der Waals surface area contributed by atoms with Crippen molar-refractivity contribution < 1.29 is 9.53 Å². The summed E-state index contributed by atoms with van der Waals surface area (Å²) in [5, 5.41) is 3.24. The lowest BCUT2D eigenvalue weighted by atomic mass is 9.96. The van der Waals surface area contributed by atoms with Crippen molar-refractivity contribution >= 4 is 5.91 Å². The molecule has 1 aliphatic rings. The van der Waals surface area contributed by atoms with Gasteiger partial charge in [0.15, 0.2) is 0 Å². The number of aryl methyl sites for hydroxylation is 1. The first-order valence-corrected chi connectivity index (χ1v) is 7.90. The molecule has 1 fully saturated rings. The van der Waals surface area contributed by atoms with Gasteiger partial charge in [-0.1, -0.05) is 32.4 Å². The van der Waals surface area contributed by atoms with E-state index in [0.717, 1.165) is 38.0 Å². The fourth-order valence-corrected chi connectivity index (χ4v) is 3.13. The fraction of sp³-hybridized carbons (Fsp3) is 0.588. The highest BCUT2D eigenvalue weighted by atomic mass is 16.5. The molecule has 116 valence electrons. The first kappa shape index (κ1) is 15.8. The number of amides is 1. The summed E-state index contributed by atoms with van der Waals surface area (Å²) in [7, 11) is 0. The first-order chi connectivity index (χ1) is 10.1. The molecule has 1 aliphatic carbocycles. The van der Waals surface area contributed by atoms with E-state index in [-0.39, 0.29) is 12.0 Å². The van der Waals surface area contributed by atoms with Crippen LogP contribution in [0, 0.1) is 0 Å². The molecule has 1 saturated carbocycles. The van der Waals surface area contributed by atoms with E-state index in [0.29, 0.717) is 6.42 Å². The van der Waals surface area contributed by atoms with Crippen LogP contribution in [0.4, 0.5) is 0 Å². The van der Waals surface area contributed by atoms with Crippen molar-refractivity contribution in [2.75, 3.05) is 6.54 Å². The summed E-state index contributed by atoms with van der Waals surface area (Å²) in [4.78, 5) is 11.7. The third kappa shape index (κ3) is 3.76. The van der Waals surface area contributed by atoms with E-state index in [4.69, 9.17) is 10.5 Å². The molecule has 2 unspecified atom stereocenters. The Morgan fingerprint density at radius 1 is 1.38 bits per heavy atom. The van der Waals surface area contributed by atoms with Crippen LogP contribution in [-0.4, -0.2) is 24.1 Å². The minimum atomic E-state index is -0.596. The Morgan fingerprint density at radius 3 is 2.67 bits per heavy atom. The molecular weight excluding hydrogens is 264 g/mol. The van der Waals surface area contributed by atoms with Crippen LogP contribution in [0.1, 0.15) is 45.1 Å². The number of carbonyl (C=O) groups excluding carboxylic acids is 1. The second-order valence-electron chi connectivity index (χ2n) is 5.85. The number of nitrogens with one attached hydrogen (secondary N) is 1. The predicted molar refractivity (Wildman–Crippen MR) is 84.3 cm³/mol. The Balaban J connectivity index is 1.96. The number of hydrogen-bond acceptors (Lipinski definition) is 3. The predicted octanol–water partition coefficient (Wildman–Crippen LogP) is 2.40. The third-order valence-electron chi connectivity index (χ3n) is 4.22. The van der Waals surface area contributed by atoms with Gasteiger partial charge in [-0.2, -0.15) is 0 Å². The van der Waals surface area contributed by atoms with Gasteiger partial charge in [-0.15, -0.1) is 0 Å². The summed E-state index contributed by atoms with van der Waals surface area (Å²) >= 11 is 0. The maximum absolute atomic E-state index is 11.7. The Labute approximate surface area is 127 Å². The number of ether oxygens (including phenoxy) is 1. The fourth-order valence-electron chi connectivity index (χ4n) is 3.13. The van der Waals surface area contributed by atoms with Crippen LogP contribution in [0.5, 0.6) is 5.75 Å². The van der Waals surface area contributed by atoms with Crippen LogP contribution in [0.15, 0.2) is 24.3 Å². The topological polar surface area (TPSA) is 64.3 Å². The molecule has 1 amide bonds. The number of nitrogens with two attached hydrogens (primary N) is 1. The molecule has 0 heterocycles. The summed E-state index contributed by atoms with van der Waals surface area (Å²) in [6.45, 7) is 4.90. The second kappa shape index (κ2) is 6.94. The number of carbonyl (C=O) groups is 1. The smallest absolute Gasteiger partial charge is 0.237 e. The normalized spacial score (nSPS) is 25.0. The number of benzene rings is 1. The van der Waals surface area contributed by atoms with Gasteiger partial charge in [0.05, 0.1) is 0 Å². The molecule has 0 bridgehead atoms. The van der Waals surface area contributed by atoms with E-state index in [9.17, 15) is 4.79 Å². The number of hydrogen-bond donors (Lipinski definition) is 2. The molecule has 21 heavy (non-hydrogen) atoms. The zero-order valence-electron chi connectivity index (χ0n) is 13.0. The van der Waals surface area contributed by atoms with E-state index in [2.05, 4.69) is 24.4 Å². The Hall–Kier alpha value is -1.55. The van der Waals surface area contributed by atoms with Crippen molar-refractivity contribution in [1.82, 2.24) is 5.32 Å². The lowest BCUT2D eigenvalue weighted by Crippen LogP contribution is -2.54. The van der Waals surface area contributed by atoms with Crippen LogP contribution in [-0.2, 0) is 11.2 Å². The molecule has 0 spiro atoms. The van der Waals surface area contributed by atoms with Gasteiger partial charge in [-0.05, 0) is 43.5 Å². The zero-order chi connectivity index (χ0) is 15.3. The highest BCUT2D eigenvalue weighted by molar-refractivity contribution is 5.85. The van der Waals surface area contributed by atoms with E-state index in [1.54, 1.807) is 0 Å². The van der Waals surface area contributed by atoms with Crippen LogP contribution >= 0.6 is 0 Å². The van der Waals surface area contributed by atoms with Gasteiger partial charge < -0.3 is 15.8 Å². The molecule has 0 aromatic heterocycles. The molecule has 1 aromatic carbocycles. The molecule has 3 N–H and O–H groups in total. The minimum Gasteiger partial charge on any atom is -0.490 e. The van der Waals surface area contributed by atoms with E-state index >= 15 is 0 Å². The van der Waals surface area contributed by atoms with Gasteiger partial charge in [0, 0.05) is 6.42 Å². The second-order valence-corrected chi connectivity index (χ2v) is 5.85. The Kier molecular flexibility index (Phi) is 5.23. The molecule has 4 heteroatoms. The molecule has 2 rings (SSSR count). The average molecular weight is 290 g/mol. The number of rotatable bonds is 7. The van der Waals surface area contributed by atoms with Crippen molar-refractivity contribution in [3.05, 3.63) is 29.8 Å². The van der Waals surface area contributed by atoms with Crippen molar-refractivity contribution in [2.24, 2.45) is 5.73 Å². The summed E-state index contributed by atoms with van der Waals surface area (Å²) in [5.41, 5.74) is 6.30. The maximum Gasteiger partial charge on any atom is 0.237 e. The van der Waals surface area contributed by atoms with Gasteiger partial charge >= 0.3 is 0 Å². The largest absolute Gasteiger partial charge is 0.490 e. The summed E-state index contributed by atoms with van der Waals surface area (Å²) in [6.07, 6.45) is 4.53. The van der Waals surface area contributed by atoms with Crippen molar-refractivity contribution in [3.8, 4) is 5.75 Å². The van der Waals surface area contributed by atoms with Crippen LogP contribution in [0.3, 0.4) is 0 Å². The van der Waals surface area contributed by atoms with Gasteiger partial charge in [-0.25, -0.2) is 0 Å². The average Bonchev–Trinajstić information content (AvgIpc) is 2.86. The van der Waals surface area contributed by atoms with Crippen molar-refractivity contribution in [2.45, 2.75) is 57.6 Å². The standard InChI is InChI=1S/C17H26N2O2/c1-3-5-13-6-8-14(9-7-13)21-15-10-11-17(12-15,16(18)20)19-4-2/h6-9,15,19H,3-5,10-12H2,1-2H3,(H2,18,20). The lowest BCUT2D eigenvalue weighted by molar-refractivity contribution is -0.124. The quantitative estimate of drug-likeness (QED) is 0.810. The van der Waals surface area contributed by atoms with E-state index in [1.165, 1.54) is 5.56 Å². The van der Waals surface area contributed by atoms with Gasteiger partial charge in [0.25, 0.3) is 0 Å². The SMILES string of the molecule is CCCc1ccc(OC2CCC(NCC)(C(N)=O)C2)cc1. The summed E-state index contributed by atoms with van der Waals surface area (Å²) in [6, 6.07) is 8.25. The third-order valence-corrected chi connectivity index (χ3v) is 4.22. The molecule has 0 saturated heterocycles. The molecule has 2 atom stereocenters. The highest BCUT2D eigenvalue weighted by Gasteiger charge is 2.44. The lowest BCUT2D eigenvalue weighted by Gasteiger charge is -2.26. The molecule has 1 aromatic rings. The van der Waals surface area contributed by atoms with Crippen LogP contribution in [0.25, 0.3) is 0 Å². The van der Waals surface area contributed by atoms with Crippen molar-refractivity contribution in [3.63, 3.8) is 0 Å². The Morgan fingerprint density at radius 2 is 2.10 bits per heavy atom. The molecular formula is C17H26N2O2. The summed E-state index contributed by atoms with van der Waals surface area (Å²) < 4.78 is 6.01. The summed E-state index contributed by atoms with van der Waals surface area (Å²) in [5.74, 6) is 0.602. The van der Waals surface area contributed by atoms with Crippen LogP contribution in [0.2, 0.25) is 0 Å². The van der Waals surface area contributed by atoms with Crippen molar-refractivity contribution in [1.29, 1.82) is 0 Å². The molecule has 4 nitrogen and oxygen atoms in total. The van der Waals surface area contributed by atoms with Gasteiger partial charge in [0.2, 0.25) is 5.91 Å². The van der Waals surface area contributed by atoms with Gasteiger partial charge in [0.1, 0.15) is 17.4 Å². The molecule has 0 radical (unpaired) electrons. The van der Waals surface area contributed by atoms with Crippen LogP contribution < -0.4 is 15.8 Å². The van der Waals surface area contributed by atoms with Gasteiger partial charge in [-0.3, -0.25) is 4.79 Å². The maximum atomic E-state index is 11.7. The number of likely N-dealkylation sites (N-methyl/N-ethyl adjacent to an activating group) is 1. The Bertz CT molecular complexity index is 472. The van der Waals surface area contributed by atoms with E-state index < -0.39 is 5.54 Å². The first-order valence-electron chi connectivity index (χ1n) is 7.90. The minimum absolute atomic E-state index is 0.0496.